The van der Waals surface area contributed by atoms with E-state index in [9.17, 15) is 0 Å². The average Bonchev–Trinajstić information content (AvgIpc) is 2.51. The Hall–Kier alpha value is -1.51. The minimum absolute atomic E-state index is 0.474. The quantitative estimate of drug-likeness (QED) is 0.899. The maximum absolute atomic E-state index is 6.23. The molecule has 0 aromatic heterocycles. The summed E-state index contributed by atoms with van der Waals surface area (Å²) in [6.45, 7) is 3.28. The Morgan fingerprint density at radius 1 is 1.05 bits per heavy atom. The Kier molecular flexibility index (Phi) is 4.79. The molecular formula is C18H21ClN2. The first kappa shape index (κ1) is 14.4. The zero-order valence-corrected chi connectivity index (χ0v) is 12.9. The Bertz CT molecular complexity index is 570. The molecule has 2 nitrogen and oxygen atoms in total. The molecule has 2 aromatic rings. The van der Waals surface area contributed by atoms with Crippen LogP contribution >= 0.6 is 11.6 Å². The predicted molar refractivity (Wildman–Crippen MR) is 89.8 cm³/mol. The minimum Gasteiger partial charge on any atom is -0.380 e. The van der Waals surface area contributed by atoms with Crippen molar-refractivity contribution in [3.05, 3.63) is 65.2 Å². The van der Waals surface area contributed by atoms with Gasteiger partial charge in [0, 0.05) is 19.1 Å². The van der Waals surface area contributed by atoms with Gasteiger partial charge in [-0.1, -0.05) is 54.1 Å². The predicted octanol–water partition coefficient (Wildman–Crippen LogP) is 4.42. The van der Waals surface area contributed by atoms with Crippen molar-refractivity contribution in [2.24, 2.45) is 0 Å². The Labute approximate surface area is 131 Å². The van der Waals surface area contributed by atoms with E-state index in [4.69, 9.17) is 11.6 Å². The van der Waals surface area contributed by atoms with Gasteiger partial charge in [0.1, 0.15) is 0 Å². The van der Waals surface area contributed by atoms with E-state index in [-0.39, 0.29) is 0 Å². The summed E-state index contributed by atoms with van der Waals surface area (Å²) in [6.07, 6.45) is 2.44. The van der Waals surface area contributed by atoms with Gasteiger partial charge in [-0.15, -0.1) is 0 Å². The highest BCUT2D eigenvalue weighted by atomic mass is 35.5. The van der Waals surface area contributed by atoms with Crippen LogP contribution in [0.25, 0.3) is 0 Å². The van der Waals surface area contributed by atoms with Gasteiger partial charge in [0.05, 0.1) is 10.7 Å². The topological polar surface area (TPSA) is 15.3 Å². The van der Waals surface area contributed by atoms with Gasteiger partial charge in [-0.25, -0.2) is 0 Å². The molecule has 0 radical (unpaired) electrons. The van der Waals surface area contributed by atoms with Crippen LogP contribution in [0.15, 0.2) is 54.6 Å². The lowest BCUT2D eigenvalue weighted by atomic mass is 10.0. The molecule has 0 spiro atoms. The number of halogens is 1. The van der Waals surface area contributed by atoms with Crippen molar-refractivity contribution in [1.82, 2.24) is 4.90 Å². The molecule has 0 bridgehead atoms. The largest absolute Gasteiger partial charge is 0.380 e. The molecule has 1 atom stereocenters. The lowest BCUT2D eigenvalue weighted by Gasteiger charge is -2.33. The lowest BCUT2D eigenvalue weighted by molar-refractivity contribution is 0.208. The summed E-state index contributed by atoms with van der Waals surface area (Å²) in [4.78, 5) is 2.52. The zero-order chi connectivity index (χ0) is 14.5. The molecule has 1 saturated heterocycles. The Morgan fingerprint density at radius 2 is 1.81 bits per heavy atom. The van der Waals surface area contributed by atoms with Gasteiger partial charge in [-0.3, -0.25) is 4.90 Å². The van der Waals surface area contributed by atoms with Crippen LogP contribution < -0.4 is 5.32 Å². The van der Waals surface area contributed by atoms with Crippen LogP contribution in [-0.2, 0) is 6.54 Å². The van der Waals surface area contributed by atoms with E-state index in [0.29, 0.717) is 6.04 Å². The first-order chi connectivity index (χ1) is 10.3. The molecular weight excluding hydrogens is 280 g/mol. The fraction of sp³-hybridized carbons (Fsp3) is 0.333. The van der Waals surface area contributed by atoms with E-state index in [1.807, 2.05) is 18.2 Å². The standard InChI is InChI=1S/C18H21ClN2/c19-17-10-4-5-11-18(17)20-16-9-6-12-21(14-16)13-15-7-2-1-3-8-15/h1-5,7-8,10-11,16,20H,6,9,12-14H2. The van der Waals surface area contributed by atoms with Crippen molar-refractivity contribution in [1.29, 1.82) is 0 Å². The maximum atomic E-state index is 6.23. The first-order valence-electron chi connectivity index (χ1n) is 7.58. The van der Waals surface area contributed by atoms with E-state index in [1.165, 1.54) is 24.9 Å². The molecule has 3 rings (SSSR count). The van der Waals surface area contributed by atoms with Crippen LogP contribution in [-0.4, -0.2) is 24.0 Å². The summed E-state index contributed by atoms with van der Waals surface area (Å²) in [5.74, 6) is 0. The Balaban J connectivity index is 1.60. The molecule has 110 valence electrons. The average molecular weight is 301 g/mol. The van der Waals surface area contributed by atoms with Gasteiger partial charge < -0.3 is 5.32 Å². The highest BCUT2D eigenvalue weighted by Gasteiger charge is 2.20. The minimum atomic E-state index is 0.474. The third kappa shape index (κ3) is 3.99. The molecule has 1 heterocycles. The van der Waals surface area contributed by atoms with Crippen molar-refractivity contribution in [2.45, 2.75) is 25.4 Å². The van der Waals surface area contributed by atoms with Crippen molar-refractivity contribution in [2.75, 3.05) is 18.4 Å². The number of hydrogen-bond donors (Lipinski definition) is 1. The number of nitrogens with zero attached hydrogens (tertiary/aromatic N) is 1. The summed E-state index contributed by atoms with van der Waals surface area (Å²) in [5, 5.41) is 4.39. The number of para-hydroxylation sites is 1. The van der Waals surface area contributed by atoms with Gasteiger partial charge in [0.2, 0.25) is 0 Å². The van der Waals surface area contributed by atoms with Gasteiger partial charge in [0.25, 0.3) is 0 Å². The van der Waals surface area contributed by atoms with E-state index in [1.54, 1.807) is 0 Å². The highest BCUT2D eigenvalue weighted by molar-refractivity contribution is 6.33. The molecule has 0 amide bonds. The first-order valence-corrected chi connectivity index (χ1v) is 7.96. The molecule has 1 aliphatic heterocycles. The van der Waals surface area contributed by atoms with Gasteiger partial charge >= 0.3 is 0 Å². The summed E-state index contributed by atoms with van der Waals surface area (Å²) in [7, 11) is 0. The number of likely N-dealkylation sites (tertiary alicyclic amines) is 1. The van der Waals surface area contributed by atoms with E-state index >= 15 is 0 Å². The van der Waals surface area contributed by atoms with Crippen molar-refractivity contribution >= 4 is 17.3 Å². The van der Waals surface area contributed by atoms with Gasteiger partial charge in [-0.05, 0) is 37.1 Å². The molecule has 21 heavy (non-hydrogen) atoms. The molecule has 0 saturated carbocycles. The normalized spacial score (nSPS) is 19.4. The summed E-state index contributed by atoms with van der Waals surface area (Å²) < 4.78 is 0. The molecule has 1 N–H and O–H groups in total. The second-order valence-corrected chi connectivity index (χ2v) is 6.09. The number of benzene rings is 2. The second-order valence-electron chi connectivity index (χ2n) is 5.68. The molecule has 0 aliphatic carbocycles. The molecule has 1 aliphatic rings. The highest BCUT2D eigenvalue weighted by Crippen LogP contribution is 2.24. The Morgan fingerprint density at radius 3 is 2.62 bits per heavy atom. The second kappa shape index (κ2) is 6.97. The van der Waals surface area contributed by atoms with Crippen molar-refractivity contribution in [3.8, 4) is 0 Å². The summed E-state index contributed by atoms with van der Waals surface area (Å²) in [5.41, 5.74) is 2.43. The molecule has 1 fully saturated rings. The summed E-state index contributed by atoms with van der Waals surface area (Å²) >= 11 is 6.23. The summed E-state index contributed by atoms with van der Waals surface area (Å²) in [6, 6.07) is 19.2. The van der Waals surface area contributed by atoms with E-state index in [0.717, 1.165) is 23.8 Å². The fourth-order valence-corrected chi connectivity index (χ4v) is 3.15. The van der Waals surface area contributed by atoms with Crippen LogP contribution in [0.2, 0.25) is 5.02 Å². The van der Waals surface area contributed by atoms with Gasteiger partial charge in [0.15, 0.2) is 0 Å². The van der Waals surface area contributed by atoms with Crippen LogP contribution in [0.1, 0.15) is 18.4 Å². The van der Waals surface area contributed by atoms with E-state index < -0.39 is 0 Å². The van der Waals surface area contributed by atoms with Crippen molar-refractivity contribution < 1.29 is 0 Å². The smallest absolute Gasteiger partial charge is 0.0637 e. The van der Waals surface area contributed by atoms with E-state index in [2.05, 4.69) is 46.6 Å². The van der Waals surface area contributed by atoms with Crippen LogP contribution in [0.5, 0.6) is 0 Å². The molecule has 2 aromatic carbocycles. The zero-order valence-electron chi connectivity index (χ0n) is 12.1. The molecule has 3 heteroatoms. The number of hydrogen-bond acceptors (Lipinski definition) is 2. The van der Waals surface area contributed by atoms with Gasteiger partial charge in [-0.2, -0.15) is 0 Å². The SMILES string of the molecule is Clc1ccccc1NC1CCCN(Cc2ccccc2)C1. The number of piperidine rings is 1. The van der Waals surface area contributed by atoms with Crippen LogP contribution in [0.4, 0.5) is 5.69 Å². The fourth-order valence-electron chi connectivity index (χ4n) is 2.96. The third-order valence-corrected chi connectivity index (χ3v) is 4.32. The number of anilines is 1. The van der Waals surface area contributed by atoms with Crippen molar-refractivity contribution in [3.63, 3.8) is 0 Å². The third-order valence-electron chi connectivity index (χ3n) is 3.99. The van der Waals surface area contributed by atoms with Crippen LogP contribution in [0.3, 0.4) is 0 Å². The monoisotopic (exact) mass is 300 g/mol. The maximum Gasteiger partial charge on any atom is 0.0637 e. The van der Waals surface area contributed by atoms with Crippen LogP contribution in [0, 0.1) is 0 Å². The number of nitrogens with one attached hydrogen (secondary N) is 1. The number of rotatable bonds is 4. The molecule has 1 unspecified atom stereocenters. The lowest BCUT2D eigenvalue weighted by Crippen LogP contribution is -2.41.